The smallest absolute Gasteiger partial charge is 0.227 e. The van der Waals surface area contributed by atoms with Crippen molar-refractivity contribution in [3.63, 3.8) is 0 Å². The number of amides is 2. The lowest BCUT2D eigenvalue weighted by atomic mass is 10.1. The number of benzene rings is 2. The number of carbonyl (C=O) groups excluding carboxylic acids is 2. The maximum Gasteiger partial charge on any atom is 0.227 e. The van der Waals surface area contributed by atoms with Gasteiger partial charge in [-0.15, -0.1) is 0 Å². The molecule has 3 N–H and O–H groups in total. The third-order valence-electron chi connectivity index (χ3n) is 5.06. The zero-order valence-corrected chi connectivity index (χ0v) is 15.5. The number of nitrogens with zero attached hydrogens (tertiary/aromatic N) is 1. The van der Waals surface area contributed by atoms with Crippen molar-refractivity contribution in [2.75, 3.05) is 31.2 Å². The molecule has 2 aliphatic heterocycles. The van der Waals surface area contributed by atoms with Gasteiger partial charge in [0, 0.05) is 37.3 Å². The number of hydrogen-bond donors (Lipinski definition) is 2. The fraction of sp³-hybridized carbons (Fsp3) is 0.333. The molecule has 0 aliphatic carbocycles. The molecule has 2 heterocycles. The standard InChI is InChI=1S/C21H23N3O4/c22-17(14-4-2-1-3-5-14)12-23-21(26)15-10-20(25)24(13-15)16-6-7-18-19(11-16)28-9-8-27-18/h1-7,11,15,17H,8-10,12-13,22H2,(H,23,26). The Kier molecular flexibility index (Phi) is 5.16. The summed E-state index contributed by atoms with van der Waals surface area (Å²) in [6, 6.07) is 14.7. The molecule has 4 rings (SSSR count). The van der Waals surface area contributed by atoms with Crippen molar-refractivity contribution in [1.82, 2.24) is 5.32 Å². The monoisotopic (exact) mass is 381 g/mol. The van der Waals surface area contributed by atoms with Crippen LogP contribution in [0.5, 0.6) is 11.5 Å². The lowest BCUT2D eigenvalue weighted by molar-refractivity contribution is -0.126. The Balaban J connectivity index is 1.37. The van der Waals surface area contributed by atoms with Crippen molar-refractivity contribution in [1.29, 1.82) is 0 Å². The van der Waals surface area contributed by atoms with Gasteiger partial charge < -0.3 is 25.4 Å². The minimum absolute atomic E-state index is 0.0795. The minimum atomic E-state index is -0.399. The third-order valence-corrected chi connectivity index (χ3v) is 5.06. The van der Waals surface area contributed by atoms with Crippen molar-refractivity contribution < 1.29 is 19.1 Å². The third kappa shape index (κ3) is 3.80. The quantitative estimate of drug-likeness (QED) is 0.821. The maximum absolute atomic E-state index is 12.5. The van der Waals surface area contributed by atoms with E-state index in [1.807, 2.05) is 36.4 Å². The van der Waals surface area contributed by atoms with Gasteiger partial charge >= 0.3 is 0 Å². The second-order valence-corrected chi connectivity index (χ2v) is 7.00. The lowest BCUT2D eigenvalue weighted by Crippen LogP contribution is -2.37. The van der Waals surface area contributed by atoms with Gasteiger partial charge in [-0.1, -0.05) is 30.3 Å². The van der Waals surface area contributed by atoms with Gasteiger partial charge in [-0.2, -0.15) is 0 Å². The predicted octanol–water partition coefficient (Wildman–Crippen LogP) is 1.63. The van der Waals surface area contributed by atoms with Crippen LogP contribution in [0.2, 0.25) is 0 Å². The number of nitrogens with one attached hydrogen (secondary N) is 1. The number of rotatable bonds is 5. The summed E-state index contributed by atoms with van der Waals surface area (Å²) in [5, 5.41) is 2.88. The molecule has 2 aliphatic rings. The summed E-state index contributed by atoms with van der Waals surface area (Å²) in [4.78, 5) is 26.6. The van der Waals surface area contributed by atoms with Crippen LogP contribution in [0, 0.1) is 5.92 Å². The fourth-order valence-corrected chi connectivity index (χ4v) is 3.51. The average molecular weight is 381 g/mol. The highest BCUT2D eigenvalue weighted by Crippen LogP contribution is 2.36. The van der Waals surface area contributed by atoms with Gasteiger partial charge in [0.25, 0.3) is 0 Å². The van der Waals surface area contributed by atoms with Gasteiger partial charge in [-0.05, 0) is 17.7 Å². The van der Waals surface area contributed by atoms with E-state index < -0.39 is 5.92 Å². The van der Waals surface area contributed by atoms with Crippen LogP contribution < -0.4 is 25.4 Å². The molecule has 7 nitrogen and oxygen atoms in total. The summed E-state index contributed by atoms with van der Waals surface area (Å²) in [6.07, 6.45) is 0.181. The number of hydrogen-bond acceptors (Lipinski definition) is 5. The fourth-order valence-electron chi connectivity index (χ4n) is 3.51. The van der Waals surface area contributed by atoms with E-state index in [-0.39, 0.29) is 24.3 Å². The molecule has 0 saturated carbocycles. The first-order chi connectivity index (χ1) is 13.6. The second kappa shape index (κ2) is 7.90. The van der Waals surface area contributed by atoms with E-state index in [4.69, 9.17) is 15.2 Å². The molecule has 2 aromatic rings. The largest absolute Gasteiger partial charge is 0.486 e. The molecule has 0 bridgehead atoms. The molecule has 0 radical (unpaired) electrons. The molecule has 2 aromatic carbocycles. The summed E-state index contributed by atoms with van der Waals surface area (Å²) in [5.74, 6) is 0.664. The highest BCUT2D eigenvalue weighted by atomic mass is 16.6. The molecule has 0 spiro atoms. The number of ether oxygens (including phenoxy) is 2. The van der Waals surface area contributed by atoms with Gasteiger partial charge in [0.05, 0.1) is 5.92 Å². The molecule has 1 fully saturated rings. The number of carbonyl (C=O) groups is 2. The van der Waals surface area contributed by atoms with Crippen LogP contribution in [0.15, 0.2) is 48.5 Å². The molecule has 7 heteroatoms. The van der Waals surface area contributed by atoms with Gasteiger partial charge in [0.1, 0.15) is 13.2 Å². The summed E-state index contributed by atoms with van der Waals surface area (Å²) in [7, 11) is 0. The zero-order valence-electron chi connectivity index (χ0n) is 15.5. The second-order valence-electron chi connectivity index (χ2n) is 7.00. The molecule has 146 valence electrons. The first-order valence-electron chi connectivity index (χ1n) is 9.40. The Morgan fingerprint density at radius 3 is 2.68 bits per heavy atom. The molecule has 2 unspecified atom stereocenters. The topological polar surface area (TPSA) is 93.9 Å². The van der Waals surface area contributed by atoms with E-state index in [2.05, 4.69) is 5.32 Å². The van der Waals surface area contributed by atoms with E-state index in [0.29, 0.717) is 43.5 Å². The van der Waals surface area contributed by atoms with Gasteiger partial charge in [-0.3, -0.25) is 9.59 Å². The van der Waals surface area contributed by atoms with E-state index in [0.717, 1.165) is 5.56 Å². The van der Waals surface area contributed by atoms with Gasteiger partial charge in [0.15, 0.2) is 11.5 Å². The van der Waals surface area contributed by atoms with Crippen LogP contribution in [0.3, 0.4) is 0 Å². The molecular formula is C21H23N3O4. The normalized spacial score (nSPS) is 19.4. The van der Waals surface area contributed by atoms with E-state index in [1.165, 1.54) is 0 Å². The predicted molar refractivity (Wildman–Crippen MR) is 104 cm³/mol. The molecule has 2 atom stereocenters. The number of fused-ring (bicyclic) bond motifs is 1. The van der Waals surface area contributed by atoms with Crippen LogP contribution in [0.1, 0.15) is 18.0 Å². The molecule has 28 heavy (non-hydrogen) atoms. The van der Waals surface area contributed by atoms with Gasteiger partial charge in [0.2, 0.25) is 11.8 Å². The van der Waals surface area contributed by atoms with Crippen LogP contribution in [0.25, 0.3) is 0 Å². The first kappa shape index (κ1) is 18.3. The van der Waals surface area contributed by atoms with Crippen molar-refractivity contribution in [2.45, 2.75) is 12.5 Å². The van der Waals surface area contributed by atoms with Crippen molar-refractivity contribution in [3.05, 3.63) is 54.1 Å². The van der Waals surface area contributed by atoms with E-state index in [1.54, 1.807) is 17.0 Å². The van der Waals surface area contributed by atoms with Crippen molar-refractivity contribution >= 4 is 17.5 Å². The summed E-state index contributed by atoms with van der Waals surface area (Å²) < 4.78 is 11.1. The van der Waals surface area contributed by atoms with E-state index in [9.17, 15) is 9.59 Å². The summed E-state index contributed by atoms with van der Waals surface area (Å²) >= 11 is 0. The highest BCUT2D eigenvalue weighted by Gasteiger charge is 2.35. The Morgan fingerprint density at radius 2 is 1.89 bits per heavy atom. The summed E-state index contributed by atoms with van der Waals surface area (Å²) in [5.41, 5.74) is 7.81. The summed E-state index contributed by atoms with van der Waals surface area (Å²) in [6.45, 7) is 1.67. The Bertz CT molecular complexity index is 871. The van der Waals surface area contributed by atoms with Crippen LogP contribution in [-0.2, 0) is 9.59 Å². The Morgan fingerprint density at radius 1 is 1.14 bits per heavy atom. The number of nitrogens with two attached hydrogens (primary N) is 1. The van der Waals surface area contributed by atoms with Crippen molar-refractivity contribution in [2.24, 2.45) is 11.7 Å². The highest BCUT2D eigenvalue weighted by molar-refractivity contribution is 6.00. The minimum Gasteiger partial charge on any atom is -0.486 e. The van der Waals surface area contributed by atoms with Crippen LogP contribution in [0.4, 0.5) is 5.69 Å². The Hall–Kier alpha value is -3.06. The number of anilines is 1. The van der Waals surface area contributed by atoms with Crippen molar-refractivity contribution in [3.8, 4) is 11.5 Å². The SMILES string of the molecule is NC(CNC(=O)C1CC(=O)N(c2ccc3c(c2)OCCO3)C1)c1ccccc1. The first-order valence-corrected chi connectivity index (χ1v) is 9.40. The van der Waals surface area contributed by atoms with Crippen LogP contribution >= 0.6 is 0 Å². The Labute approximate surface area is 163 Å². The maximum atomic E-state index is 12.5. The molecule has 2 amide bonds. The molecule has 0 aromatic heterocycles. The van der Waals surface area contributed by atoms with E-state index >= 15 is 0 Å². The zero-order chi connectivity index (χ0) is 19.5. The lowest BCUT2D eigenvalue weighted by Gasteiger charge is -2.22. The molecule has 1 saturated heterocycles. The molecular weight excluding hydrogens is 358 g/mol. The van der Waals surface area contributed by atoms with Crippen LogP contribution in [-0.4, -0.2) is 38.1 Å². The van der Waals surface area contributed by atoms with Gasteiger partial charge in [-0.25, -0.2) is 0 Å². The average Bonchev–Trinajstić information content (AvgIpc) is 3.13.